The summed E-state index contributed by atoms with van der Waals surface area (Å²) in [6.45, 7) is 5.76. The molecule has 0 radical (unpaired) electrons. The molecule has 36 heavy (non-hydrogen) atoms. The summed E-state index contributed by atoms with van der Waals surface area (Å²) in [7, 11) is 0. The minimum atomic E-state index is 1.10. The van der Waals surface area contributed by atoms with Gasteiger partial charge in [-0.05, 0) is 37.7 Å². The van der Waals surface area contributed by atoms with Gasteiger partial charge in [-0.15, -0.1) is 0 Å². The number of benzene rings is 1. The molecule has 0 bridgehead atoms. The van der Waals surface area contributed by atoms with Gasteiger partial charge in [0.2, 0.25) is 0 Å². The number of aromatic nitrogens is 2. The molecule has 2 nitrogen and oxygen atoms in total. The van der Waals surface area contributed by atoms with Crippen molar-refractivity contribution in [2.45, 2.75) is 162 Å². The molecule has 2 aromatic rings. The lowest BCUT2D eigenvalue weighted by Gasteiger charge is -2.08. The van der Waals surface area contributed by atoms with Gasteiger partial charge in [-0.2, -0.15) is 0 Å². The van der Waals surface area contributed by atoms with E-state index in [1.54, 1.807) is 0 Å². The third-order valence-corrected chi connectivity index (χ3v) is 7.66. The predicted octanol–water partition coefficient (Wildman–Crippen LogP) is 10.7. The van der Waals surface area contributed by atoms with Crippen LogP contribution in [0.2, 0.25) is 0 Å². The van der Waals surface area contributed by atoms with Crippen molar-refractivity contribution < 1.29 is 0 Å². The molecule has 0 atom stereocenters. The molecule has 0 N–H and O–H groups in total. The minimum Gasteiger partial charge on any atom is -0.335 e. The number of aryl methyl sites for hydroxylation is 4. The van der Waals surface area contributed by atoms with Gasteiger partial charge in [0, 0.05) is 19.2 Å². The Morgan fingerprint density at radius 3 is 1.64 bits per heavy atom. The van der Waals surface area contributed by atoms with E-state index in [1.165, 1.54) is 139 Å². The SMILES string of the molecule is CCCCCCCCCCCCCCc1nc(CCCc2ccccc2)cn1CCCCCCCC. The number of imidazole rings is 1. The van der Waals surface area contributed by atoms with E-state index in [0.29, 0.717) is 0 Å². The van der Waals surface area contributed by atoms with Crippen molar-refractivity contribution in [2.24, 2.45) is 0 Å². The highest BCUT2D eigenvalue weighted by Crippen LogP contribution is 2.16. The molecule has 0 aliphatic carbocycles. The van der Waals surface area contributed by atoms with E-state index in [1.807, 2.05) is 0 Å². The fourth-order valence-corrected chi connectivity index (χ4v) is 5.33. The average Bonchev–Trinajstić information content (AvgIpc) is 3.29. The van der Waals surface area contributed by atoms with Crippen molar-refractivity contribution in [3.63, 3.8) is 0 Å². The van der Waals surface area contributed by atoms with Crippen LogP contribution in [0, 0.1) is 0 Å². The van der Waals surface area contributed by atoms with Crippen LogP contribution in [0.4, 0.5) is 0 Å². The first-order valence-corrected chi connectivity index (χ1v) is 15.9. The second-order valence-corrected chi connectivity index (χ2v) is 11.1. The largest absolute Gasteiger partial charge is 0.335 e. The summed E-state index contributed by atoms with van der Waals surface area (Å²) in [5.74, 6) is 1.35. The van der Waals surface area contributed by atoms with Gasteiger partial charge < -0.3 is 4.57 Å². The topological polar surface area (TPSA) is 17.8 Å². The summed E-state index contributed by atoms with van der Waals surface area (Å²) in [6, 6.07) is 10.9. The van der Waals surface area contributed by atoms with E-state index in [9.17, 15) is 0 Å². The third-order valence-electron chi connectivity index (χ3n) is 7.66. The molecule has 1 aromatic heterocycles. The second-order valence-electron chi connectivity index (χ2n) is 11.1. The van der Waals surface area contributed by atoms with E-state index in [2.05, 4.69) is 54.9 Å². The summed E-state index contributed by atoms with van der Waals surface area (Å²) in [5, 5.41) is 0. The molecule has 0 saturated carbocycles. The third kappa shape index (κ3) is 14.9. The lowest BCUT2D eigenvalue weighted by molar-refractivity contribution is 0.528. The highest BCUT2D eigenvalue weighted by Gasteiger charge is 2.08. The zero-order chi connectivity index (χ0) is 25.5. The highest BCUT2D eigenvalue weighted by atomic mass is 15.1. The van der Waals surface area contributed by atoms with Crippen LogP contribution in [0.25, 0.3) is 0 Å². The Balaban J connectivity index is 1.67. The Morgan fingerprint density at radius 1 is 0.528 bits per heavy atom. The van der Waals surface area contributed by atoms with Gasteiger partial charge in [0.05, 0.1) is 5.69 Å². The number of nitrogens with zero attached hydrogens (tertiary/aromatic N) is 2. The van der Waals surface area contributed by atoms with E-state index < -0.39 is 0 Å². The molecule has 2 heteroatoms. The number of unbranched alkanes of at least 4 members (excludes halogenated alkanes) is 16. The number of rotatable bonds is 24. The molecule has 204 valence electrons. The summed E-state index contributed by atoms with van der Waals surface area (Å²) < 4.78 is 2.51. The van der Waals surface area contributed by atoms with E-state index in [0.717, 1.165) is 25.8 Å². The normalized spacial score (nSPS) is 11.4. The summed E-state index contributed by atoms with van der Waals surface area (Å²) in [6.07, 6.45) is 32.1. The van der Waals surface area contributed by atoms with Gasteiger partial charge in [-0.1, -0.05) is 147 Å². The maximum absolute atomic E-state index is 5.12. The van der Waals surface area contributed by atoms with Crippen LogP contribution < -0.4 is 0 Å². The molecule has 0 aliphatic heterocycles. The van der Waals surface area contributed by atoms with Crippen LogP contribution in [0.1, 0.15) is 153 Å². The quantitative estimate of drug-likeness (QED) is 0.133. The monoisotopic (exact) mass is 494 g/mol. The van der Waals surface area contributed by atoms with Crippen LogP contribution >= 0.6 is 0 Å². The number of hydrogen-bond acceptors (Lipinski definition) is 1. The van der Waals surface area contributed by atoms with Crippen LogP contribution in [0.5, 0.6) is 0 Å². The van der Waals surface area contributed by atoms with Gasteiger partial charge in [0.25, 0.3) is 0 Å². The smallest absolute Gasteiger partial charge is 0.108 e. The molecular weight excluding hydrogens is 436 g/mol. The summed E-state index contributed by atoms with van der Waals surface area (Å²) >= 11 is 0. The first-order valence-electron chi connectivity index (χ1n) is 15.9. The first-order chi connectivity index (χ1) is 17.8. The fourth-order valence-electron chi connectivity index (χ4n) is 5.33. The Kier molecular flexibility index (Phi) is 18.3. The van der Waals surface area contributed by atoms with Gasteiger partial charge in [0.15, 0.2) is 0 Å². The maximum atomic E-state index is 5.12. The average molecular weight is 495 g/mol. The Morgan fingerprint density at radius 2 is 1.06 bits per heavy atom. The van der Waals surface area contributed by atoms with Crippen LogP contribution in [-0.4, -0.2) is 9.55 Å². The van der Waals surface area contributed by atoms with Crippen molar-refractivity contribution in [1.29, 1.82) is 0 Å². The maximum Gasteiger partial charge on any atom is 0.108 e. The molecule has 0 aliphatic rings. The van der Waals surface area contributed by atoms with Crippen molar-refractivity contribution in [1.82, 2.24) is 9.55 Å². The lowest BCUT2D eigenvalue weighted by atomic mass is 10.0. The van der Waals surface area contributed by atoms with Crippen LogP contribution in [-0.2, 0) is 25.8 Å². The van der Waals surface area contributed by atoms with Gasteiger partial charge in [-0.25, -0.2) is 4.98 Å². The Hall–Kier alpha value is -1.57. The Labute approximate surface area is 224 Å². The molecule has 1 aromatic carbocycles. The van der Waals surface area contributed by atoms with Gasteiger partial charge in [0.1, 0.15) is 5.82 Å². The van der Waals surface area contributed by atoms with Gasteiger partial charge in [-0.3, -0.25) is 0 Å². The molecule has 1 heterocycles. The Bertz CT molecular complexity index is 733. The van der Waals surface area contributed by atoms with E-state index >= 15 is 0 Å². The number of hydrogen-bond donors (Lipinski definition) is 0. The molecule has 0 unspecified atom stereocenters. The molecule has 2 rings (SSSR count). The second kappa shape index (κ2) is 21.5. The molecule has 0 saturated heterocycles. The van der Waals surface area contributed by atoms with Crippen molar-refractivity contribution in [3.05, 3.63) is 53.6 Å². The van der Waals surface area contributed by atoms with E-state index in [-0.39, 0.29) is 0 Å². The zero-order valence-corrected chi connectivity index (χ0v) is 24.1. The molecular formula is C34H58N2. The minimum absolute atomic E-state index is 1.10. The first kappa shape index (κ1) is 30.7. The van der Waals surface area contributed by atoms with Gasteiger partial charge >= 0.3 is 0 Å². The molecule has 0 fully saturated rings. The van der Waals surface area contributed by atoms with Crippen molar-refractivity contribution in [2.75, 3.05) is 0 Å². The molecule has 0 amide bonds. The van der Waals surface area contributed by atoms with Crippen LogP contribution in [0.3, 0.4) is 0 Å². The summed E-state index contributed by atoms with van der Waals surface area (Å²) in [4.78, 5) is 5.12. The van der Waals surface area contributed by atoms with Crippen molar-refractivity contribution >= 4 is 0 Å². The summed E-state index contributed by atoms with van der Waals surface area (Å²) in [5.41, 5.74) is 2.76. The molecule has 0 spiro atoms. The zero-order valence-electron chi connectivity index (χ0n) is 24.1. The fraction of sp³-hybridized carbons (Fsp3) is 0.735. The highest BCUT2D eigenvalue weighted by molar-refractivity contribution is 5.15. The standard InChI is InChI=1S/C34H58N2/c1-3-5-7-9-11-12-13-14-15-16-17-22-29-34-35-33(28-24-27-32-25-20-19-21-26-32)31-36(34)30-23-18-10-8-6-4-2/h19-21,25-26,31H,3-18,22-24,27-30H2,1-2H3. The van der Waals surface area contributed by atoms with Crippen molar-refractivity contribution in [3.8, 4) is 0 Å². The predicted molar refractivity (Wildman–Crippen MR) is 159 cm³/mol. The lowest BCUT2D eigenvalue weighted by Crippen LogP contribution is -2.03. The van der Waals surface area contributed by atoms with Crippen LogP contribution in [0.15, 0.2) is 36.5 Å². The van der Waals surface area contributed by atoms with E-state index in [4.69, 9.17) is 4.98 Å².